The SMILES string of the molecule is CCC(=O)NCCNC(=O)/N=C(/N)NCCC[C@@H](NC(=O)C(c1ccccc1)c1ccc(NCC(=O)N(C)CCCN(C)CCCN(C)C(=O)CN2CCN(CC(=O)O)CCN(CC(=O)O)CCN(CC(=O)O)CC2)cc1)C(=O)NCc1ccc(O)cc1. The smallest absolute Gasteiger partial charge is 0.344 e. The average Bonchev–Trinajstić information content (AvgIpc) is 3.21. The molecule has 12 N–H and O–H groups in total. The number of aliphatic carboxylic acids is 3. The number of hydrogen-bond donors (Lipinski definition) is 11. The number of phenols is 1. The van der Waals surface area contributed by atoms with E-state index in [1.807, 2.05) is 42.3 Å². The minimum atomic E-state index is -1.03. The average molecular weight is 1230 g/mol. The topological polar surface area (TPSA) is 368 Å². The van der Waals surface area contributed by atoms with Crippen molar-refractivity contribution in [3.8, 4) is 5.75 Å². The maximum Gasteiger partial charge on any atom is 0.344 e. The summed E-state index contributed by atoms with van der Waals surface area (Å²) in [4.78, 5) is 130. The minimum Gasteiger partial charge on any atom is -0.508 e. The van der Waals surface area contributed by atoms with E-state index >= 15 is 0 Å². The van der Waals surface area contributed by atoms with Gasteiger partial charge in [0.05, 0.1) is 38.6 Å². The van der Waals surface area contributed by atoms with Gasteiger partial charge in [0.1, 0.15) is 11.8 Å². The number of rotatable bonds is 34. The molecule has 1 fully saturated rings. The highest BCUT2D eigenvalue weighted by molar-refractivity contribution is 5.93. The van der Waals surface area contributed by atoms with Gasteiger partial charge in [0.15, 0.2) is 5.96 Å². The quantitative estimate of drug-likeness (QED) is 0.0209. The number of urea groups is 1. The number of carbonyl (C=O) groups is 9. The summed E-state index contributed by atoms with van der Waals surface area (Å²) < 4.78 is 0. The first-order valence-corrected chi connectivity index (χ1v) is 29.7. The maximum absolute atomic E-state index is 14.4. The van der Waals surface area contributed by atoms with Crippen molar-refractivity contribution in [1.29, 1.82) is 0 Å². The highest BCUT2D eigenvalue weighted by atomic mass is 16.4. The molecular weight excluding hydrogens is 1140 g/mol. The van der Waals surface area contributed by atoms with E-state index in [0.717, 1.165) is 5.56 Å². The number of likely N-dealkylation sites (N-methyl/N-ethyl adjacent to an activating group) is 2. The Morgan fingerprint density at radius 3 is 1.59 bits per heavy atom. The zero-order valence-electron chi connectivity index (χ0n) is 51.2. The molecule has 4 rings (SSSR count). The fourth-order valence-electron chi connectivity index (χ4n) is 9.52. The van der Waals surface area contributed by atoms with Crippen LogP contribution in [0.5, 0.6) is 5.75 Å². The van der Waals surface area contributed by atoms with Crippen molar-refractivity contribution in [2.24, 2.45) is 10.7 Å². The Morgan fingerprint density at radius 2 is 1.07 bits per heavy atom. The molecule has 0 aromatic heterocycles. The van der Waals surface area contributed by atoms with Gasteiger partial charge in [0, 0.05) is 118 Å². The van der Waals surface area contributed by atoms with Crippen LogP contribution in [0.15, 0.2) is 83.9 Å². The van der Waals surface area contributed by atoms with Crippen molar-refractivity contribution in [2.45, 2.75) is 57.5 Å². The zero-order chi connectivity index (χ0) is 64.4. The molecule has 0 aliphatic carbocycles. The van der Waals surface area contributed by atoms with Crippen LogP contribution in [0.1, 0.15) is 61.6 Å². The molecule has 1 heterocycles. The molecule has 28 nitrogen and oxygen atoms in total. The Hall–Kier alpha value is -8.44. The third-order valence-corrected chi connectivity index (χ3v) is 14.6. The fourth-order valence-corrected chi connectivity index (χ4v) is 9.52. The number of nitrogens with two attached hydrogens (primary N) is 1. The first-order chi connectivity index (χ1) is 42.1. The molecule has 484 valence electrons. The first-order valence-electron chi connectivity index (χ1n) is 29.7. The Balaban J connectivity index is 1.26. The van der Waals surface area contributed by atoms with Gasteiger partial charge in [-0.3, -0.25) is 58.0 Å². The Bertz CT molecular complexity index is 2690. The molecule has 3 aromatic rings. The van der Waals surface area contributed by atoms with Gasteiger partial charge in [0.25, 0.3) is 0 Å². The summed E-state index contributed by atoms with van der Waals surface area (Å²) in [5.41, 5.74) is 8.64. The number of aromatic hydroxyl groups is 1. The molecule has 0 bridgehead atoms. The largest absolute Gasteiger partial charge is 0.508 e. The minimum absolute atomic E-state index is 0.0150. The van der Waals surface area contributed by atoms with Gasteiger partial charge in [-0.1, -0.05) is 61.5 Å². The van der Waals surface area contributed by atoms with Crippen molar-refractivity contribution in [3.63, 3.8) is 0 Å². The highest BCUT2D eigenvalue weighted by Gasteiger charge is 2.29. The monoisotopic (exact) mass is 1230 g/mol. The van der Waals surface area contributed by atoms with Crippen LogP contribution in [-0.2, 0) is 44.9 Å². The van der Waals surface area contributed by atoms with Crippen molar-refractivity contribution < 1.29 is 63.6 Å². The van der Waals surface area contributed by atoms with Gasteiger partial charge in [0.2, 0.25) is 29.5 Å². The molecule has 1 aliphatic heterocycles. The molecule has 3 aromatic carbocycles. The lowest BCUT2D eigenvalue weighted by atomic mass is 9.90. The molecule has 88 heavy (non-hydrogen) atoms. The Kier molecular flexibility index (Phi) is 32.2. The molecule has 2 atom stereocenters. The Labute approximate surface area is 514 Å². The molecule has 0 radical (unpaired) electrons. The number of aliphatic imine (C=N–C) groups is 1. The second-order valence-electron chi connectivity index (χ2n) is 21.7. The molecule has 1 unspecified atom stereocenters. The number of benzene rings is 3. The third kappa shape index (κ3) is 28.8. The summed E-state index contributed by atoms with van der Waals surface area (Å²) in [5.74, 6) is -5.29. The van der Waals surface area contributed by atoms with E-state index in [2.05, 4.69) is 41.8 Å². The summed E-state index contributed by atoms with van der Waals surface area (Å²) in [5, 5.41) is 55.4. The van der Waals surface area contributed by atoms with E-state index in [-0.39, 0.29) is 121 Å². The van der Waals surface area contributed by atoms with E-state index < -0.39 is 47.7 Å². The highest BCUT2D eigenvalue weighted by Crippen LogP contribution is 2.27. The van der Waals surface area contributed by atoms with Gasteiger partial charge in [-0.05, 0) is 86.8 Å². The predicted molar refractivity (Wildman–Crippen MR) is 331 cm³/mol. The van der Waals surface area contributed by atoms with Crippen molar-refractivity contribution in [2.75, 3.05) is 157 Å². The van der Waals surface area contributed by atoms with Gasteiger partial charge in [-0.25, -0.2) is 4.79 Å². The number of nitrogens with zero attached hydrogens (tertiary/aromatic N) is 8. The number of anilines is 1. The van der Waals surface area contributed by atoms with Crippen molar-refractivity contribution in [1.82, 2.24) is 60.9 Å². The molecule has 1 aliphatic rings. The molecule has 7 amide bonds. The van der Waals surface area contributed by atoms with E-state index in [9.17, 15) is 63.6 Å². The Morgan fingerprint density at radius 1 is 0.568 bits per heavy atom. The van der Waals surface area contributed by atoms with Crippen LogP contribution in [0.2, 0.25) is 0 Å². The zero-order valence-corrected chi connectivity index (χ0v) is 51.2. The number of carboxylic acids is 3. The number of guanidine groups is 1. The normalized spacial score (nSPS) is 14.7. The molecule has 0 saturated carbocycles. The molecule has 0 spiro atoms. The summed E-state index contributed by atoms with van der Waals surface area (Å²) in [6, 6.07) is 20.9. The number of carboxylic acid groups (broad SMARTS) is 3. The molecule has 28 heteroatoms. The summed E-state index contributed by atoms with van der Waals surface area (Å²) in [7, 11) is 5.44. The van der Waals surface area contributed by atoms with E-state index in [4.69, 9.17) is 5.73 Å². The van der Waals surface area contributed by atoms with Crippen LogP contribution >= 0.6 is 0 Å². The summed E-state index contributed by atoms with van der Waals surface area (Å²) >= 11 is 0. The number of carbonyl (C=O) groups excluding carboxylic acids is 6. The van der Waals surface area contributed by atoms with Gasteiger partial charge in [-0.15, -0.1) is 0 Å². The summed E-state index contributed by atoms with van der Waals surface area (Å²) in [6.07, 6.45) is 2.20. The number of phenolic OH excluding ortho intramolecular Hbond substituents is 1. The number of hydrogen-bond acceptors (Lipinski definition) is 16. The van der Waals surface area contributed by atoms with Crippen LogP contribution in [0.4, 0.5) is 10.5 Å². The standard InChI is InChI=1S/C60H91N15O13/c1-5-50(77)62-24-25-64-60(88)68-59(61)63-23-9-14-49(57(86)66-38-44-15-21-48(76)22-16-44)67-58(87)56(45-12-7-6-8-13-45)46-17-19-47(20-18-46)65-39-51(78)70(3)28-10-26-69(2)27-11-29-71(4)52(79)40-72-30-32-73(41-53(80)81)34-36-75(43-55(84)85)37-35-74(33-31-72)42-54(82)83/h6-8,12-13,15-22,49,56,65,76H,5,9-11,14,23-43H2,1-4H3,(H,62,77)(H,66,86)(H,67,87)(H,80,81)(H,82,83)(H,84,85)(H4,61,63,64,68,88)/t49-,56?/m1/s1. The van der Waals surface area contributed by atoms with Gasteiger partial charge < -0.3 is 72.8 Å². The lowest BCUT2D eigenvalue weighted by Crippen LogP contribution is -2.50. The van der Waals surface area contributed by atoms with Crippen molar-refractivity contribution in [3.05, 3.63) is 95.6 Å². The van der Waals surface area contributed by atoms with E-state index in [1.165, 1.54) is 12.1 Å². The van der Waals surface area contributed by atoms with Crippen LogP contribution in [-0.4, -0.2) is 272 Å². The van der Waals surface area contributed by atoms with E-state index in [0.29, 0.717) is 94.9 Å². The second kappa shape index (κ2) is 39.4. The first kappa shape index (κ1) is 72.0. The third-order valence-electron chi connectivity index (χ3n) is 14.6. The van der Waals surface area contributed by atoms with Gasteiger partial charge in [-0.2, -0.15) is 4.99 Å². The predicted octanol–water partition coefficient (Wildman–Crippen LogP) is -0.238. The van der Waals surface area contributed by atoms with Crippen LogP contribution in [0, 0.1) is 0 Å². The van der Waals surface area contributed by atoms with Crippen LogP contribution in [0.25, 0.3) is 0 Å². The molecular formula is C60H91N15O13. The number of amides is 7. The maximum atomic E-state index is 14.4. The van der Waals surface area contributed by atoms with Gasteiger partial charge >= 0.3 is 23.9 Å². The lowest BCUT2D eigenvalue weighted by molar-refractivity contribution is -0.140. The van der Waals surface area contributed by atoms with Crippen LogP contribution in [0.3, 0.4) is 0 Å². The van der Waals surface area contributed by atoms with Crippen LogP contribution < -0.4 is 37.6 Å². The van der Waals surface area contributed by atoms with Crippen molar-refractivity contribution >= 4 is 65.1 Å². The lowest BCUT2D eigenvalue weighted by Gasteiger charge is -2.33. The second-order valence-corrected chi connectivity index (χ2v) is 21.7. The van der Waals surface area contributed by atoms with E-state index in [1.54, 1.807) is 81.9 Å². The summed E-state index contributed by atoms with van der Waals surface area (Å²) in [6.45, 7) is 6.55. The molecule has 1 saturated heterocycles. The number of nitrogens with one attached hydrogen (secondary N) is 6. The fraction of sp³-hybridized carbons (Fsp3) is 0.533.